The van der Waals surface area contributed by atoms with Crippen LogP contribution in [0.15, 0.2) is 42.0 Å². The van der Waals surface area contributed by atoms with Crippen molar-refractivity contribution in [1.82, 2.24) is 10.3 Å². The summed E-state index contributed by atoms with van der Waals surface area (Å²) >= 11 is 0.915. The first-order valence-corrected chi connectivity index (χ1v) is 8.14. The molecule has 1 saturated heterocycles. The number of carboxylic acid groups (broad SMARTS) is 1. The number of aliphatic carboxylic acids is 1. The summed E-state index contributed by atoms with van der Waals surface area (Å²) in [5.41, 5.74) is 2.00. The molecule has 2 rings (SSSR count). The predicted molar refractivity (Wildman–Crippen MR) is 93.5 cm³/mol. The number of nitro benzene ring substituents is 1. The van der Waals surface area contributed by atoms with E-state index in [1.54, 1.807) is 0 Å². The number of amidine groups is 1. The van der Waals surface area contributed by atoms with Crippen LogP contribution >= 0.6 is 11.8 Å². The number of thioether (sulfide) groups is 1. The third-order valence-corrected chi connectivity index (χ3v) is 4.44. The van der Waals surface area contributed by atoms with Crippen LogP contribution in [0, 0.1) is 10.1 Å². The molecule has 10 nitrogen and oxygen atoms in total. The molecule has 1 aromatic carbocycles. The molecule has 11 heteroatoms. The van der Waals surface area contributed by atoms with Crippen LogP contribution in [0.3, 0.4) is 0 Å². The summed E-state index contributed by atoms with van der Waals surface area (Å²) in [5, 5.41) is 22.8. The molecule has 1 aliphatic heterocycles. The summed E-state index contributed by atoms with van der Waals surface area (Å²) in [5.74, 6) is -2.27. The first-order chi connectivity index (χ1) is 12.3. The number of nitro groups is 1. The van der Waals surface area contributed by atoms with Gasteiger partial charge < -0.3 is 5.11 Å². The molecule has 1 atom stereocenters. The molecular formula is C15H14N4O6S. The molecule has 1 unspecified atom stereocenters. The van der Waals surface area contributed by atoms with Crippen molar-refractivity contribution in [2.75, 3.05) is 6.54 Å². The first kappa shape index (κ1) is 19.1. The number of nitrogens with one attached hydrogen (secondary N) is 1. The predicted octanol–water partition coefficient (Wildman–Crippen LogP) is 1.20. The summed E-state index contributed by atoms with van der Waals surface area (Å²) in [7, 11) is 0. The highest BCUT2D eigenvalue weighted by Gasteiger charge is 2.38. The van der Waals surface area contributed by atoms with Crippen LogP contribution in [0.1, 0.15) is 16.8 Å². The number of rotatable bonds is 7. The Hall–Kier alpha value is -3.21. The largest absolute Gasteiger partial charge is 0.481 e. The molecule has 2 amide bonds. The minimum absolute atomic E-state index is 0.0234. The number of carboxylic acids is 1. The van der Waals surface area contributed by atoms with Crippen LogP contribution in [0.5, 0.6) is 0 Å². The van der Waals surface area contributed by atoms with Crippen molar-refractivity contribution in [3.63, 3.8) is 0 Å². The Kier molecular flexibility index (Phi) is 6.07. The molecule has 0 aliphatic carbocycles. The van der Waals surface area contributed by atoms with E-state index in [9.17, 15) is 24.5 Å². The van der Waals surface area contributed by atoms with Gasteiger partial charge in [0.05, 0.1) is 11.3 Å². The number of nitrogens with zero attached hydrogens (tertiary/aromatic N) is 3. The Bertz CT molecular complexity index is 809. The SMILES string of the molecule is C=CCN1C(=O)C(CC(=O)O)SC1=NNC(=O)c1cccc([N+](=O)[O-])c1. The lowest BCUT2D eigenvalue weighted by Gasteiger charge is -2.13. The smallest absolute Gasteiger partial charge is 0.305 e. The highest BCUT2D eigenvalue weighted by Crippen LogP contribution is 2.29. The van der Waals surface area contributed by atoms with Crippen LogP contribution in [0.25, 0.3) is 0 Å². The molecule has 0 saturated carbocycles. The Morgan fingerprint density at radius 1 is 1.50 bits per heavy atom. The number of benzene rings is 1. The first-order valence-electron chi connectivity index (χ1n) is 7.26. The van der Waals surface area contributed by atoms with Gasteiger partial charge in [-0.2, -0.15) is 0 Å². The van der Waals surface area contributed by atoms with Gasteiger partial charge in [0.1, 0.15) is 5.25 Å². The van der Waals surface area contributed by atoms with Gasteiger partial charge in [0.15, 0.2) is 5.17 Å². The van der Waals surface area contributed by atoms with Gasteiger partial charge in [-0.05, 0) is 6.07 Å². The van der Waals surface area contributed by atoms with E-state index in [4.69, 9.17) is 5.11 Å². The minimum atomic E-state index is -1.13. The number of hydrogen-bond donors (Lipinski definition) is 2. The maximum atomic E-state index is 12.2. The van der Waals surface area contributed by atoms with Crippen molar-refractivity contribution in [1.29, 1.82) is 0 Å². The zero-order valence-corrected chi connectivity index (χ0v) is 14.1. The Morgan fingerprint density at radius 2 is 2.23 bits per heavy atom. The van der Waals surface area contributed by atoms with E-state index in [0.717, 1.165) is 17.8 Å². The standard InChI is InChI=1S/C15H14N4O6S/c1-2-6-18-14(23)11(8-12(20)21)26-15(18)17-16-13(22)9-4-3-5-10(7-9)19(24)25/h2-5,7,11H,1,6,8H2,(H,16,22)(H,20,21). The molecule has 1 aliphatic rings. The second-order valence-corrected chi connectivity index (χ2v) is 6.25. The van der Waals surface area contributed by atoms with Gasteiger partial charge >= 0.3 is 5.97 Å². The summed E-state index contributed by atoms with van der Waals surface area (Å²) in [6.45, 7) is 3.63. The van der Waals surface area contributed by atoms with Crippen molar-refractivity contribution < 1.29 is 24.4 Å². The van der Waals surface area contributed by atoms with E-state index in [1.807, 2.05) is 0 Å². The van der Waals surface area contributed by atoms with Gasteiger partial charge in [0.2, 0.25) is 5.91 Å². The van der Waals surface area contributed by atoms with Crippen LogP contribution in [-0.2, 0) is 9.59 Å². The molecule has 0 aromatic heterocycles. The Labute approximate surface area is 151 Å². The number of hydrazone groups is 1. The fourth-order valence-electron chi connectivity index (χ4n) is 2.10. The number of amides is 2. The zero-order chi connectivity index (χ0) is 19.3. The van der Waals surface area contributed by atoms with Gasteiger partial charge in [-0.15, -0.1) is 11.7 Å². The average Bonchev–Trinajstić information content (AvgIpc) is 2.88. The number of hydrogen-bond acceptors (Lipinski definition) is 7. The van der Waals surface area contributed by atoms with Crippen molar-refractivity contribution in [2.45, 2.75) is 11.7 Å². The van der Waals surface area contributed by atoms with E-state index in [-0.39, 0.29) is 29.4 Å². The lowest BCUT2D eigenvalue weighted by Crippen LogP contribution is -2.34. The van der Waals surface area contributed by atoms with Crippen molar-refractivity contribution >= 4 is 40.4 Å². The van der Waals surface area contributed by atoms with Gasteiger partial charge in [0, 0.05) is 24.2 Å². The summed E-state index contributed by atoms with van der Waals surface area (Å²) in [4.78, 5) is 46.5. The highest BCUT2D eigenvalue weighted by molar-refractivity contribution is 8.15. The Morgan fingerprint density at radius 3 is 2.85 bits per heavy atom. The molecule has 0 bridgehead atoms. The van der Waals surface area contributed by atoms with E-state index < -0.39 is 28.0 Å². The van der Waals surface area contributed by atoms with Crippen LogP contribution in [0.4, 0.5) is 5.69 Å². The average molecular weight is 378 g/mol. The van der Waals surface area contributed by atoms with Gasteiger partial charge in [-0.25, -0.2) is 5.43 Å². The van der Waals surface area contributed by atoms with Crippen molar-refractivity contribution in [2.24, 2.45) is 5.10 Å². The number of carbonyl (C=O) groups is 3. The normalized spacial score (nSPS) is 18.0. The summed E-state index contributed by atoms with van der Waals surface area (Å²) < 4.78 is 0. The third kappa shape index (κ3) is 4.45. The third-order valence-electron chi connectivity index (χ3n) is 3.26. The van der Waals surface area contributed by atoms with Gasteiger partial charge in [-0.3, -0.25) is 29.4 Å². The second kappa shape index (κ2) is 8.25. The van der Waals surface area contributed by atoms with E-state index in [0.29, 0.717) is 0 Å². The minimum Gasteiger partial charge on any atom is -0.481 e. The van der Waals surface area contributed by atoms with Crippen LogP contribution in [0.2, 0.25) is 0 Å². The van der Waals surface area contributed by atoms with Crippen LogP contribution in [-0.4, -0.2) is 49.7 Å². The van der Waals surface area contributed by atoms with E-state index >= 15 is 0 Å². The summed E-state index contributed by atoms with van der Waals surface area (Å²) in [6.07, 6.45) is 1.06. The van der Waals surface area contributed by atoms with Crippen molar-refractivity contribution in [3.05, 3.63) is 52.6 Å². The zero-order valence-electron chi connectivity index (χ0n) is 13.3. The van der Waals surface area contributed by atoms with E-state index in [2.05, 4.69) is 17.1 Å². The molecule has 1 aromatic rings. The van der Waals surface area contributed by atoms with Gasteiger partial charge in [-0.1, -0.05) is 23.9 Å². The fourth-order valence-corrected chi connectivity index (χ4v) is 3.20. The van der Waals surface area contributed by atoms with Crippen LogP contribution < -0.4 is 5.43 Å². The maximum Gasteiger partial charge on any atom is 0.305 e. The quantitative estimate of drug-likeness (QED) is 0.412. The molecular weight excluding hydrogens is 364 g/mol. The van der Waals surface area contributed by atoms with Gasteiger partial charge in [0.25, 0.3) is 11.6 Å². The highest BCUT2D eigenvalue weighted by atomic mass is 32.2. The molecule has 1 heterocycles. The molecule has 0 radical (unpaired) electrons. The fraction of sp³-hybridized carbons (Fsp3) is 0.200. The monoisotopic (exact) mass is 378 g/mol. The molecule has 0 spiro atoms. The molecule has 2 N–H and O–H groups in total. The number of carbonyl (C=O) groups excluding carboxylic acids is 2. The number of non-ortho nitro benzene ring substituents is 1. The molecule has 26 heavy (non-hydrogen) atoms. The lowest BCUT2D eigenvalue weighted by atomic mass is 10.2. The van der Waals surface area contributed by atoms with Crippen molar-refractivity contribution in [3.8, 4) is 0 Å². The molecule has 1 fully saturated rings. The molecule has 136 valence electrons. The second-order valence-electron chi connectivity index (χ2n) is 5.08. The topological polar surface area (TPSA) is 142 Å². The Balaban J connectivity index is 2.16. The van der Waals surface area contributed by atoms with E-state index in [1.165, 1.54) is 29.2 Å². The lowest BCUT2D eigenvalue weighted by molar-refractivity contribution is -0.384. The maximum absolute atomic E-state index is 12.2. The summed E-state index contributed by atoms with van der Waals surface area (Å²) in [6, 6.07) is 5.08.